The molecule has 0 spiro atoms. The predicted molar refractivity (Wildman–Crippen MR) is 59.6 cm³/mol. The zero-order valence-electron chi connectivity index (χ0n) is 9.75. The second kappa shape index (κ2) is 6.38. The van der Waals surface area contributed by atoms with E-state index in [1.807, 2.05) is 0 Å². The maximum atomic E-state index is 5.55. The smallest absolute Gasteiger partial charge is 0.0596 e. The van der Waals surface area contributed by atoms with Crippen LogP contribution in [0.3, 0.4) is 0 Å². The summed E-state index contributed by atoms with van der Waals surface area (Å²) in [6, 6.07) is 0.683. The van der Waals surface area contributed by atoms with Crippen molar-refractivity contribution in [3.05, 3.63) is 0 Å². The van der Waals surface area contributed by atoms with Crippen LogP contribution in [-0.2, 0) is 4.74 Å². The largest absolute Gasteiger partial charge is 0.377 e. The Bertz CT molecular complexity index is 150. The molecule has 0 radical (unpaired) electrons. The topological polar surface area (TPSA) is 24.5 Å². The zero-order valence-corrected chi connectivity index (χ0v) is 9.75. The Morgan fingerprint density at radius 3 is 2.93 bits per heavy atom. The van der Waals surface area contributed by atoms with Gasteiger partial charge in [0.25, 0.3) is 0 Å². The van der Waals surface area contributed by atoms with Gasteiger partial charge in [-0.1, -0.05) is 0 Å². The van der Waals surface area contributed by atoms with Gasteiger partial charge in [0.05, 0.1) is 12.7 Å². The highest BCUT2D eigenvalue weighted by molar-refractivity contribution is 4.76. The average molecular weight is 200 g/mol. The number of hydrogen-bond acceptors (Lipinski definition) is 3. The number of likely N-dealkylation sites (tertiary alicyclic amines) is 1. The van der Waals surface area contributed by atoms with Gasteiger partial charge in [0.15, 0.2) is 0 Å². The van der Waals surface area contributed by atoms with Gasteiger partial charge < -0.3 is 10.1 Å². The number of rotatable bonds is 5. The first-order chi connectivity index (χ1) is 6.72. The molecule has 0 amide bonds. The van der Waals surface area contributed by atoms with E-state index in [-0.39, 0.29) is 0 Å². The molecule has 84 valence electrons. The summed E-state index contributed by atoms with van der Waals surface area (Å²) >= 11 is 0. The summed E-state index contributed by atoms with van der Waals surface area (Å²) in [5.74, 6) is 0. The van der Waals surface area contributed by atoms with Crippen molar-refractivity contribution in [3.8, 4) is 0 Å². The Balaban J connectivity index is 2.11. The number of nitrogens with zero attached hydrogens (tertiary/aromatic N) is 1. The molecule has 0 bridgehead atoms. The number of piperidine rings is 1. The van der Waals surface area contributed by atoms with Crippen molar-refractivity contribution < 1.29 is 4.74 Å². The third kappa shape index (κ3) is 4.40. The molecule has 14 heavy (non-hydrogen) atoms. The van der Waals surface area contributed by atoms with Gasteiger partial charge in [0, 0.05) is 19.1 Å². The fourth-order valence-electron chi connectivity index (χ4n) is 1.91. The molecule has 1 unspecified atom stereocenters. The SMILES string of the molecule is CNC1CCCN(CCOC(C)C)C1. The number of nitrogens with one attached hydrogen (secondary N) is 1. The van der Waals surface area contributed by atoms with Crippen molar-refractivity contribution in [2.24, 2.45) is 0 Å². The fraction of sp³-hybridized carbons (Fsp3) is 1.00. The lowest BCUT2D eigenvalue weighted by Crippen LogP contribution is -2.45. The van der Waals surface area contributed by atoms with Crippen LogP contribution < -0.4 is 5.32 Å². The van der Waals surface area contributed by atoms with E-state index in [0.29, 0.717) is 12.1 Å². The Morgan fingerprint density at radius 2 is 2.29 bits per heavy atom. The van der Waals surface area contributed by atoms with Gasteiger partial charge in [0.1, 0.15) is 0 Å². The van der Waals surface area contributed by atoms with Crippen LogP contribution in [-0.4, -0.2) is 50.3 Å². The van der Waals surface area contributed by atoms with Crippen LogP contribution in [0.4, 0.5) is 0 Å². The molecule has 1 aliphatic heterocycles. The molecule has 0 aromatic heterocycles. The van der Waals surface area contributed by atoms with Crippen LogP contribution in [0.2, 0.25) is 0 Å². The van der Waals surface area contributed by atoms with Crippen molar-refractivity contribution in [1.29, 1.82) is 0 Å². The summed E-state index contributed by atoms with van der Waals surface area (Å²) in [7, 11) is 2.05. The van der Waals surface area contributed by atoms with E-state index in [1.165, 1.54) is 25.9 Å². The van der Waals surface area contributed by atoms with E-state index in [1.54, 1.807) is 0 Å². The third-order valence-corrected chi connectivity index (χ3v) is 2.77. The van der Waals surface area contributed by atoms with Gasteiger partial charge in [-0.05, 0) is 40.3 Å². The summed E-state index contributed by atoms with van der Waals surface area (Å²) in [5, 5.41) is 3.35. The van der Waals surface area contributed by atoms with Crippen molar-refractivity contribution in [1.82, 2.24) is 10.2 Å². The molecule has 1 N–H and O–H groups in total. The van der Waals surface area contributed by atoms with Crippen molar-refractivity contribution in [2.75, 3.05) is 33.3 Å². The minimum absolute atomic E-state index is 0.361. The van der Waals surface area contributed by atoms with Crippen LogP contribution in [0.25, 0.3) is 0 Å². The summed E-state index contributed by atoms with van der Waals surface area (Å²) in [5.41, 5.74) is 0. The Hall–Kier alpha value is -0.120. The highest BCUT2D eigenvalue weighted by Gasteiger charge is 2.17. The molecular formula is C11H24N2O. The molecule has 1 rings (SSSR count). The van der Waals surface area contributed by atoms with Crippen LogP contribution in [0, 0.1) is 0 Å². The van der Waals surface area contributed by atoms with Crippen molar-refractivity contribution in [3.63, 3.8) is 0 Å². The lowest BCUT2D eigenvalue weighted by atomic mass is 10.1. The standard InChI is InChI=1S/C11H24N2O/c1-10(2)14-8-7-13-6-4-5-11(9-13)12-3/h10-12H,4-9H2,1-3H3. The van der Waals surface area contributed by atoms with E-state index in [0.717, 1.165) is 13.2 Å². The zero-order chi connectivity index (χ0) is 10.4. The lowest BCUT2D eigenvalue weighted by molar-refractivity contribution is 0.0519. The fourth-order valence-corrected chi connectivity index (χ4v) is 1.91. The Morgan fingerprint density at radius 1 is 1.50 bits per heavy atom. The number of hydrogen-bond donors (Lipinski definition) is 1. The monoisotopic (exact) mass is 200 g/mol. The molecule has 3 nitrogen and oxygen atoms in total. The average Bonchev–Trinajstić information content (AvgIpc) is 2.18. The number of ether oxygens (including phenoxy) is 1. The first-order valence-corrected chi connectivity index (χ1v) is 5.73. The van der Waals surface area contributed by atoms with Crippen LogP contribution >= 0.6 is 0 Å². The minimum atomic E-state index is 0.361. The molecular weight excluding hydrogens is 176 g/mol. The van der Waals surface area contributed by atoms with E-state index < -0.39 is 0 Å². The van der Waals surface area contributed by atoms with Gasteiger partial charge in [-0.3, -0.25) is 4.90 Å². The molecule has 1 saturated heterocycles. The molecule has 1 aliphatic rings. The second-order valence-electron chi connectivity index (χ2n) is 4.35. The Labute approximate surface area is 87.8 Å². The van der Waals surface area contributed by atoms with Crippen LogP contribution in [0.15, 0.2) is 0 Å². The van der Waals surface area contributed by atoms with Gasteiger partial charge in [0.2, 0.25) is 0 Å². The predicted octanol–water partition coefficient (Wildman–Crippen LogP) is 1.10. The first-order valence-electron chi connectivity index (χ1n) is 5.73. The molecule has 0 aliphatic carbocycles. The van der Waals surface area contributed by atoms with Gasteiger partial charge in [-0.2, -0.15) is 0 Å². The lowest BCUT2D eigenvalue weighted by Gasteiger charge is -2.32. The van der Waals surface area contributed by atoms with Gasteiger partial charge >= 0.3 is 0 Å². The minimum Gasteiger partial charge on any atom is -0.377 e. The molecule has 0 aromatic carbocycles. The van der Waals surface area contributed by atoms with E-state index in [2.05, 4.69) is 31.1 Å². The van der Waals surface area contributed by atoms with Gasteiger partial charge in [-0.25, -0.2) is 0 Å². The van der Waals surface area contributed by atoms with Crippen molar-refractivity contribution >= 4 is 0 Å². The van der Waals surface area contributed by atoms with E-state index in [9.17, 15) is 0 Å². The van der Waals surface area contributed by atoms with Crippen LogP contribution in [0.1, 0.15) is 26.7 Å². The first kappa shape index (κ1) is 12.0. The molecule has 1 fully saturated rings. The van der Waals surface area contributed by atoms with Crippen molar-refractivity contribution in [2.45, 2.75) is 38.8 Å². The summed E-state index contributed by atoms with van der Waals surface area (Å²) in [6.07, 6.45) is 2.99. The second-order valence-corrected chi connectivity index (χ2v) is 4.35. The highest BCUT2D eigenvalue weighted by Crippen LogP contribution is 2.09. The van der Waals surface area contributed by atoms with Crippen LogP contribution in [0.5, 0.6) is 0 Å². The molecule has 1 heterocycles. The number of likely N-dealkylation sites (N-methyl/N-ethyl adjacent to an activating group) is 1. The third-order valence-electron chi connectivity index (χ3n) is 2.77. The highest BCUT2D eigenvalue weighted by atomic mass is 16.5. The molecule has 0 saturated carbocycles. The summed E-state index contributed by atoms with van der Waals surface area (Å²) in [4.78, 5) is 2.49. The maximum absolute atomic E-state index is 5.55. The molecule has 3 heteroatoms. The summed E-state index contributed by atoms with van der Waals surface area (Å²) in [6.45, 7) is 8.54. The normalized spacial score (nSPS) is 24.4. The summed E-state index contributed by atoms with van der Waals surface area (Å²) < 4.78 is 5.55. The maximum Gasteiger partial charge on any atom is 0.0596 e. The van der Waals surface area contributed by atoms with E-state index in [4.69, 9.17) is 4.74 Å². The quantitative estimate of drug-likeness (QED) is 0.719. The van der Waals surface area contributed by atoms with Gasteiger partial charge in [-0.15, -0.1) is 0 Å². The van der Waals surface area contributed by atoms with E-state index >= 15 is 0 Å². The Kier molecular flexibility index (Phi) is 5.45. The molecule has 1 atom stereocenters. The molecule has 0 aromatic rings.